The van der Waals surface area contributed by atoms with Crippen molar-refractivity contribution >= 4 is 23.0 Å². The van der Waals surface area contributed by atoms with Crippen molar-refractivity contribution in [1.82, 2.24) is 0 Å². The van der Waals surface area contributed by atoms with E-state index in [1.165, 1.54) is 18.2 Å². The van der Waals surface area contributed by atoms with Crippen molar-refractivity contribution in [2.45, 2.75) is 6.54 Å². The Kier molecular flexibility index (Phi) is 4.81. The lowest BCUT2D eigenvalue weighted by Crippen LogP contribution is -2.04. The Morgan fingerprint density at radius 1 is 1.41 bits per heavy atom. The van der Waals surface area contributed by atoms with E-state index in [0.29, 0.717) is 23.0 Å². The van der Waals surface area contributed by atoms with Crippen LogP contribution in [0, 0.1) is 21.4 Å². The number of nitrogens with one attached hydrogen (secondary N) is 1. The number of halogens is 1. The second-order valence-corrected chi connectivity index (χ2v) is 4.78. The second-order valence-electron chi connectivity index (χ2n) is 4.37. The highest BCUT2D eigenvalue weighted by atomic mass is 35.5. The zero-order chi connectivity index (χ0) is 16.1. The topological polar surface area (TPSA) is 88.2 Å². The Morgan fingerprint density at radius 3 is 2.82 bits per heavy atom. The van der Waals surface area contributed by atoms with Crippen molar-refractivity contribution in [2.24, 2.45) is 0 Å². The van der Waals surface area contributed by atoms with Crippen molar-refractivity contribution in [3.8, 4) is 11.8 Å². The van der Waals surface area contributed by atoms with Crippen LogP contribution in [0.4, 0.5) is 11.4 Å². The predicted molar refractivity (Wildman–Crippen MR) is 83.1 cm³/mol. The van der Waals surface area contributed by atoms with Crippen molar-refractivity contribution in [3.63, 3.8) is 0 Å². The van der Waals surface area contributed by atoms with Crippen molar-refractivity contribution < 1.29 is 9.66 Å². The maximum atomic E-state index is 10.7. The van der Waals surface area contributed by atoms with Gasteiger partial charge in [0.2, 0.25) is 0 Å². The molecule has 112 valence electrons. The zero-order valence-corrected chi connectivity index (χ0v) is 12.4. The number of hydrogen-bond acceptors (Lipinski definition) is 5. The van der Waals surface area contributed by atoms with E-state index in [0.717, 1.165) is 5.56 Å². The van der Waals surface area contributed by atoms with E-state index in [1.807, 2.05) is 6.07 Å². The molecular weight excluding hydrogens is 306 g/mol. The van der Waals surface area contributed by atoms with Crippen LogP contribution in [0.1, 0.15) is 11.1 Å². The minimum Gasteiger partial charge on any atom is -0.496 e. The van der Waals surface area contributed by atoms with Gasteiger partial charge in [0.1, 0.15) is 11.8 Å². The number of methoxy groups -OCH3 is 1. The van der Waals surface area contributed by atoms with Gasteiger partial charge in [-0.25, -0.2) is 0 Å². The lowest BCUT2D eigenvalue weighted by molar-refractivity contribution is -0.384. The zero-order valence-electron chi connectivity index (χ0n) is 11.7. The average Bonchev–Trinajstić information content (AvgIpc) is 2.53. The van der Waals surface area contributed by atoms with Crippen LogP contribution in [0.5, 0.6) is 5.75 Å². The Labute approximate surface area is 132 Å². The number of nitrogens with zero attached hydrogens (tertiary/aromatic N) is 2. The summed E-state index contributed by atoms with van der Waals surface area (Å²) >= 11 is 6.14. The normalized spacial score (nSPS) is 9.86. The van der Waals surface area contributed by atoms with Crippen molar-refractivity contribution in [1.29, 1.82) is 5.26 Å². The highest BCUT2D eigenvalue weighted by molar-refractivity contribution is 6.31. The first kappa shape index (κ1) is 15.6. The van der Waals surface area contributed by atoms with Gasteiger partial charge in [0.15, 0.2) is 0 Å². The largest absolute Gasteiger partial charge is 0.496 e. The smallest absolute Gasteiger partial charge is 0.270 e. The van der Waals surface area contributed by atoms with E-state index in [1.54, 1.807) is 25.3 Å². The summed E-state index contributed by atoms with van der Waals surface area (Å²) < 4.78 is 5.24. The van der Waals surface area contributed by atoms with Gasteiger partial charge in [-0.3, -0.25) is 10.1 Å². The molecule has 0 amide bonds. The molecule has 6 nitrogen and oxygen atoms in total. The summed E-state index contributed by atoms with van der Waals surface area (Å²) in [5, 5.41) is 23.4. The summed E-state index contributed by atoms with van der Waals surface area (Å²) in [6, 6.07) is 11.3. The molecule has 0 aliphatic heterocycles. The molecule has 0 saturated carbocycles. The summed E-state index contributed by atoms with van der Waals surface area (Å²) in [5.74, 6) is 0.625. The van der Waals surface area contributed by atoms with E-state index < -0.39 is 4.92 Å². The van der Waals surface area contributed by atoms with Crippen LogP contribution in [-0.2, 0) is 6.54 Å². The first-order valence-electron chi connectivity index (χ1n) is 6.30. The second kappa shape index (κ2) is 6.78. The molecule has 2 rings (SSSR count). The van der Waals surface area contributed by atoms with Gasteiger partial charge in [0.05, 0.1) is 23.3 Å². The van der Waals surface area contributed by atoms with E-state index in [-0.39, 0.29) is 11.3 Å². The highest BCUT2D eigenvalue weighted by Gasteiger charge is 2.12. The molecule has 0 aromatic heterocycles. The minimum absolute atomic E-state index is 0.127. The van der Waals surface area contributed by atoms with Crippen LogP contribution < -0.4 is 10.1 Å². The third-order valence-corrected chi connectivity index (χ3v) is 3.44. The standard InChI is InChI=1S/C15H12ClN3O3/c1-22-15-4-2-3-13(16)12(15)9-18-14-6-5-11(19(20)21)7-10(14)8-17/h2-7,18H,9H2,1H3. The van der Waals surface area contributed by atoms with Gasteiger partial charge >= 0.3 is 0 Å². The molecule has 2 aromatic carbocycles. The summed E-state index contributed by atoms with van der Waals surface area (Å²) in [7, 11) is 1.54. The summed E-state index contributed by atoms with van der Waals surface area (Å²) in [4.78, 5) is 10.2. The quantitative estimate of drug-likeness (QED) is 0.670. The molecule has 7 heteroatoms. The fourth-order valence-corrected chi connectivity index (χ4v) is 2.21. The monoisotopic (exact) mass is 317 g/mol. The lowest BCUT2D eigenvalue weighted by atomic mass is 10.1. The predicted octanol–water partition coefficient (Wildman–Crippen LogP) is 3.74. The summed E-state index contributed by atoms with van der Waals surface area (Å²) in [6.45, 7) is 0.329. The molecule has 1 N–H and O–H groups in total. The molecule has 22 heavy (non-hydrogen) atoms. The van der Waals surface area contributed by atoms with Crippen LogP contribution in [0.3, 0.4) is 0 Å². The summed E-state index contributed by atoms with van der Waals surface area (Å²) in [5.41, 5.74) is 1.31. The molecule has 0 aliphatic carbocycles. The molecule has 0 radical (unpaired) electrons. The number of nitro groups is 1. The van der Waals surface area contributed by atoms with Crippen LogP contribution in [0.15, 0.2) is 36.4 Å². The van der Waals surface area contributed by atoms with E-state index in [4.69, 9.17) is 21.6 Å². The van der Waals surface area contributed by atoms with Gasteiger partial charge in [0.25, 0.3) is 5.69 Å². The fraction of sp³-hybridized carbons (Fsp3) is 0.133. The summed E-state index contributed by atoms with van der Waals surface area (Å²) in [6.07, 6.45) is 0. The van der Waals surface area contributed by atoms with Crippen LogP contribution in [-0.4, -0.2) is 12.0 Å². The van der Waals surface area contributed by atoms with Gasteiger partial charge in [-0.05, 0) is 18.2 Å². The maximum absolute atomic E-state index is 10.7. The first-order valence-corrected chi connectivity index (χ1v) is 6.68. The molecule has 0 heterocycles. The maximum Gasteiger partial charge on any atom is 0.270 e. The molecule has 0 atom stereocenters. The highest BCUT2D eigenvalue weighted by Crippen LogP contribution is 2.28. The van der Waals surface area contributed by atoms with Crippen LogP contribution in [0.2, 0.25) is 5.02 Å². The number of nitro benzene ring substituents is 1. The molecule has 0 saturated heterocycles. The first-order chi connectivity index (χ1) is 10.6. The number of nitriles is 1. The molecule has 0 unspecified atom stereocenters. The molecule has 2 aromatic rings. The fourth-order valence-electron chi connectivity index (χ4n) is 1.98. The molecule has 0 fully saturated rings. The number of benzene rings is 2. The Hall–Kier alpha value is -2.78. The van der Waals surface area contributed by atoms with E-state index >= 15 is 0 Å². The van der Waals surface area contributed by atoms with Gasteiger partial charge in [0, 0.05) is 29.3 Å². The van der Waals surface area contributed by atoms with Crippen molar-refractivity contribution in [3.05, 3.63) is 62.7 Å². The average molecular weight is 318 g/mol. The Bertz CT molecular complexity index is 756. The van der Waals surface area contributed by atoms with Crippen LogP contribution >= 0.6 is 11.6 Å². The number of anilines is 1. The van der Waals surface area contributed by atoms with Gasteiger partial charge in [-0.15, -0.1) is 0 Å². The third kappa shape index (κ3) is 3.27. The van der Waals surface area contributed by atoms with Gasteiger partial charge in [-0.2, -0.15) is 5.26 Å². The van der Waals surface area contributed by atoms with Crippen molar-refractivity contribution in [2.75, 3.05) is 12.4 Å². The van der Waals surface area contributed by atoms with Gasteiger partial charge < -0.3 is 10.1 Å². The minimum atomic E-state index is -0.540. The molecule has 0 bridgehead atoms. The Balaban J connectivity index is 2.26. The number of hydrogen-bond donors (Lipinski definition) is 1. The number of rotatable bonds is 5. The SMILES string of the molecule is COc1cccc(Cl)c1CNc1ccc([N+](=O)[O-])cc1C#N. The Morgan fingerprint density at radius 2 is 2.18 bits per heavy atom. The van der Waals surface area contributed by atoms with Crippen LogP contribution in [0.25, 0.3) is 0 Å². The molecule has 0 aliphatic rings. The number of ether oxygens (including phenoxy) is 1. The third-order valence-electron chi connectivity index (χ3n) is 3.09. The molecular formula is C15H12ClN3O3. The van der Waals surface area contributed by atoms with E-state index in [2.05, 4.69) is 5.32 Å². The van der Waals surface area contributed by atoms with Gasteiger partial charge in [-0.1, -0.05) is 17.7 Å². The molecule has 0 spiro atoms. The van der Waals surface area contributed by atoms with E-state index in [9.17, 15) is 10.1 Å². The lowest BCUT2D eigenvalue weighted by Gasteiger charge is -2.13. The number of non-ortho nitro benzene ring substituents is 1.